The Hall–Kier alpha value is -1.79. The molecule has 0 aliphatic carbocycles. The van der Waals surface area contributed by atoms with Crippen LogP contribution in [0.25, 0.3) is 0 Å². The van der Waals surface area contributed by atoms with Crippen molar-refractivity contribution in [3.8, 4) is 0 Å². The van der Waals surface area contributed by atoms with E-state index in [1.807, 2.05) is 24.5 Å². The second kappa shape index (κ2) is 4.60. The Morgan fingerprint density at radius 3 is 2.18 bits per heavy atom. The maximum absolute atomic E-state index is 11.5. The van der Waals surface area contributed by atoms with Gasteiger partial charge >= 0.3 is 0 Å². The lowest BCUT2D eigenvalue weighted by Gasteiger charge is -2.08. The molecule has 5 nitrogen and oxygen atoms in total. The number of nitrogens with one attached hydrogen (secondary N) is 2. The van der Waals surface area contributed by atoms with Crippen LogP contribution in [0.5, 0.6) is 0 Å². The zero-order valence-electron chi connectivity index (χ0n) is 9.29. The van der Waals surface area contributed by atoms with Crippen molar-refractivity contribution in [2.24, 2.45) is 0 Å². The summed E-state index contributed by atoms with van der Waals surface area (Å²) in [5, 5.41) is 0. The Labute approximate surface area is 100 Å². The average molecular weight is 251 g/mol. The summed E-state index contributed by atoms with van der Waals surface area (Å²) in [5.74, 6) is 0. The summed E-state index contributed by atoms with van der Waals surface area (Å²) in [6.45, 7) is 0. The highest BCUT2D eigenvalue weighted by atomic mass is 32.2. The number of benzene rings is 1. The van der Waals surface area contributed by atoms with E-state index >= 15 is 0 Å². The molecule has 6 heteroatoms. The van der Waals surface area contributed by atoms with Gasteiger partial charge < -0.3 is 0 Å². The van der Waals surface area contributed by atoms with Crippen molar-refractivity contribution in [2.75, 3.05) is 12.5 Å². The molecule has 0 radical (unpaired) electrons. The summed E-state index contributed by atoms with van der Waals surface area (Å²) >= 11 is 0. The van der Waals surface area contributed by atoms with E-state index in [1.54, 1.807) is 28.9 Å². The Balaban J connectivity index is 2.19. The van der Waals surface area contributed by atoms with Crippen molar-refractivity contribution in [1.82, 2.24) is 9.40 Å². The van der Waals surface area contributed by atoms with Crippen molar-refractivity contribution in [1.29, 1.82) is 0 Å². The van der Waals surface area contributed by atoms with Gasteiger partial charge in [-0.2, -0.15) is 0 Å². The zero-order valence-corrected chi connectivity index (χ0v) is 10.1. The molecule has 0 saturated carbocycles. The molecular weight excluding hydrogens is 238 g/mol. The van der Waals surface area contributed by atoms with Crippen LogP contribution in [0.2, 0.25) is 0 Å². The van der Waals surface area contributed by atoms with Crippen molar-refractivity contribution in [3.05, 3.63) is 48.8 Å². The summed E-state index contributed by atoms with van der Waals surface area (Å²) < 4.78 is 27.0. The highest BCUT2D eigenvalue weighted by molar-refractivity contribution is 7.89. The van der Waals surface area contributed by atoms with Crippen LogP contribution in [0, 0.1) is 0 Å². The average Bonchev–Trinajstić information content (AvgIpc) is 2.83. The van der Waals surface area contributed by atoms with Gasteiger partial charge in [0.1, 0.15) is 0 Å². The molecule has 0 spiro atoms. The molecule has 1 aromatic carbocycles. The second-order valence-corrected chi connectivity index (χ2v) is 5.32. The summed E-state index contributed by atoms with van der Waals surface area (Å²) in [7, 11) is -1.97. The topological polar surface area (TPSA) is 63.1 Å². The first-order valence-corrected chi connectivity index (χ1v) is 6.54. The molecule has 0 atom stereocenters. The molecule has 0 aliphatic rings. The van der Waals surface area contributed by atoms with Crippen LogP contribution >= 0.6 is 0 Å². The van der Waals surface area contributed by atoms with Gasteiger partial charge in [-0.25, -0.2) is 13.1 Å². The highest BCUT2D eigenvalue weighted by Crippen LogP contribution is 2.13. The maximum atomic E-state index is 11.5. The highest BCUT2D eigenvalue weighted by Gasteiger charge is 2.09. The lowest BCUT2D eigenvalue weighted by atomic mass is 10.3. The van der Waals surface area contributed by atoms with Crippen LogP contribution in [0.3, 0.4) is 0 Å². The van der Waals surface area contributed by atoms with Gasteiger partial charge in [0.2, 0.25) is 10.0 Å². The van der Waals surface area contributed by atoms with Gasteiger partial charge in [0, 0.05) is 12.4 Å². The third-order valence-electron chi connectivity index (χ3n) is 2.30. The Morgan fingerprint density at radius 2 is 1.65 bits per heavy atom. The number of rotatable bonds is 4. The fourth-order valence-electron chi connectivity index (χ4n) is 1.38. The first kappa shape index (κ1) is 11.7. The minimum absolute atomic E-state index is 0.248. The van der Waals surface area contributed by atoms with Gasteiger partial charge in [-0.3, -0.25) is 10.1 Å². The summed E-state index contributed by atoms with van der Waals surface area (Å²) in [6, 6.07) is 10.3. The molecule has 2 N–H and O–H groups in total. The van der Waals surface area contributed by atoms with Gasteiger partial charge in [0.15, 0.2) is 0 Å². The van der Waals surface area contributed by atoms with Crippen LogP contribution < -0.4 is 10.1 Å². The zero-order chi connectivity index (χ0) is 12.3. The SMILES string of the molecule is CNS(=O)(=O)c1ccc(Nn2cccc2)cc1. The molecule has 17 heavy (non-hydrogen) atoms. The van der Waals surface area contributed by atoms with Crippen LogP contribution in [-0.2, 0) is 10.0 Å². The first-order valence-electron chi connectivity index (χ1n) is 5.05. The Bertz CT molecular complexity index is 574. The molecule has 2 rings (SSSR count). The van der Waals surface area contributed by atoms with Crippen LogP contribution in [0.4, 0.5) is 5.69 Å². The van der Waals surface area contributed by atoms with Crippen molar-refractivity contribution >= 4 is 15.7 Å². The third kappa shape index (κ3) is 2.66. The minimum Gasteiger partial charge on any atom is -0.295 e. The van der Waals surface area contributed by atoms with Gasteiger partial charge in [-0.15, -0.1) is 0 Å². The van der Waals surface area contributed by atoms with E-state index in [9.17, 15) is 8.42 Å². The van der Waals surface area contributed by atoms with Gasteiger partial charge in [-0.1, -0.05) is 0 Å². The molecule has 90 valence electrons. The van der Waals surface area contributed by atoms with E-state index in [2.05, 4.69) is 10.1 Å². The van der Waals surface area contributed by atoms with Crippen molar-refractivity contribution in [3.63, 3.8) is 0 Å². The molecule has 0 saturated heterocycles. The molecule has 0 amide bonds. The standard InChI is InChI=1S/C11H13N3O2S/c1-12-17(15,16)11-6-4-10(5-7-11)13-14-8-2-3-9-14/h2-9,12-13H,1H3. The van der Waals surface area contributed by atoms with Crippen LogP contribution in [-0.4, -0.2) is 20.1 Å². The molecule has 0 bridgehead atoms. The number of anilines is 1. The summed E-state index contributed by atoms with van der Waals surface area (Å²) in [4.78, 5) is 0.248. The Kier molecular flexibility index (Phi) is 3.16. The van der Waals surface area contributed by atoms with Crippen LogP contribution in [0.1, 0.15) is 0 Å². The van der Waals surface area contributed by atoms with E-state index < -0.39 is 10.0 Å². The van der Waals surface area contributed by atoms with E-state index in [0.717, 1.165) is 5.69 Å². The van der Waals surface area contributed by atoms with E-state index in [1.165, 1.54) is 7.05 Å². The van der Waals surface area contributed by atoms with Crippen LogP contribution in [0.15, 0.2) is 53.7 Å². The monoisotopic (exact) mass is 251 g/mol. The fourth-order valence-corrected chi connectivity index (χ4v) is 2.11. The third-order valence-corrected chi connectivity index (χ3v) is 3.73. The van der Waals surface area contributed by atoms with Crippen molar-refractivity contribution < 1.29 is 8.42 Å². The number of hydrogen-bond acceptors (Lipinski definition) is 3. The summed E-state index contributed by atoms with van der Waals surface area (Å²) in [6.07, 6.45) is 3.72. The summed E-state index contributed by atoms with van der Waals surface area (Å²) in [5.41, 5.74) is 3.90. The number of aromatic nitrogens is 1. The number of nitrogens with zero attached hydrogens (tertiary/aromatic N) is 1. The predicted molar refractivity (Wildman–Crippen MR) is 66.1 cm³/mol. The molecule has 1 heterocycles. The van der Waals surface area contributed by atoms with Gasteiger partial charge in [-0.05, 0) is 43.4 Å². The number of hydrogen-bond donors (Lipinski definition) is 2. The predicted octanol–water partition coefficient (Wildman–Crippen LogP) is 1.27. The maximum Gasteiger partial charge on any atom is 0.240 e. The molecule has 0 unspecified atom stereocenters. The molecule has 0 fully saturated rings. The Morgan fingerprint density at radius 1 is 1.06 bits per heavy atom. The molecule has 1 aromatic heterocycles. The van der Waals surface area contributed by atoms with E-state index in [4.69, 9.17) is 0 Å². The normalized spacial score (nSPS) is 11.4. The second-order valence-electron chi connectivity index (χ2n) is 3.43. The van der Waals surface area contributed by atoms with E-state index in [-0.39, 0.29) is 4.90 Å². The van der Waals surface area contributed by atoms with E-state index in [0.29, 0.717) is 0 Å². The molecular formula is C11H13N3O2S. The molecule has 0 aliphatic heterocycles. The van der Waals surface area contributed by atoms with Gasteiger partial charge in [0.25, 0.3) is 0 Å². The number of sulfonamides is 1. The quantitative estimate of drug-likeness (QED) is 0.860. The molecule has 2 aromatic rings. The first-order chi connectivity index (χ1) is 8.12. The van der Waals surface area contributed by atoms with Gasteiger partial charge in [0.05, 0.1) is 10.6 Å². The van der Waals surface area contributed by atoms with Crippen molar-refractivity contribution in [2.45, 2.75) is 4.90 Å². The fraction of sp³-hybridized carbons (Fsp3) is 0.0909. The smallest absolute Gasteiger partial charge is 0.240 e. The lowest BCUT2D eigenvalue weighted by molar-refractivity contribution is 0.588. The largest absolute Gasteiger partial charge is 0.295 e. The minimum atomic E-state index is -3.36. The lowest BCUT2D eigenvalue weighted by Crippen LogP contribution is -2.18.